The number of carbonyl (C=O) groups is 1. The molecule has 6 heteroatoms. The van der Waals surface area contributed by atoms with Crippen LogP contribution in [-0.4, -0.2) is 18.3 Å². The molecular formula is C15H23ClN2O3. The van der Waals surface area contributed by atoms with Crippen LogP contribution >= 0.6 is 11.6 Å². The topological polar surface area (TPSA) is 73.6 Å². The lowest BCUT2D eigenvalue weighted by molar-refractivity contribution is 0.0635. The molecule has 0 atom stereocenters. The number of hydrogen-bond acceptors (Lipinski definition) is 4. The highest BCUT2D eigenvalue weighted by atomic mass is 35.5. The van der Waals surface area contributed by atoms with Crippen molar-refractivity contribution < 1.29 is 14.4 Å². The van der Waals surface area contributed by atoms with Crippen molar-refractivity contribution in [1.82, 2.24) is 0 Å². The van der Waals surface area contributed by atoms with Crippen LogP contribution in [0.2, 0.25) is 5.02 Å². The third kappa shape index (κ3) is 5.53. The summed E-state index contributed by atoms with van der Waals surface area (Å²) >= 11 is 6.01. The zero-order chi connectivity index (χ0) is 16.3. The predicted molar refractivity (Wildman–Crippen MR) is 84.5 cm³/mol. The Balaban J connectivity index is 3.06. The molecule has 0 radical (unpaired) electrons. The largest absolute Gasteiger partial charge is 0.444 e. The van der Waals surface area contributed by atoms with E-state index in [-0.39, 0.29) is 5.41 Å². The quantitative estimate of drug-likeness (QED) is 0.828. The number of nitrogens with one attached hydrogen (secondary N) is 1. The van der Waals surface area contributed by atoms with E-state index < -0.39 is 11.7 Å². The van der Waals surface area contributed by atoms with Gasteiger partial charge in [0.05, 0.1) is 6.61 Å². The molecule has 0 saturated heterocycles. The molecular weight excluding hydrogens is 292 g/mol. The number of carbonyl (C=O) groups excluding carboxylic acids is 1. The highest BCUT2D eigenvalue weighted by Crippen LogP contribution is 2.32. The smallest absolute Gasteiger partial charge is 0.412 e. The normalized spacial score (nSPS) is 12.1. The number of halogens is 1. The minimum Gasteiger partial charge on any atom is -0.444 e. The standard InChI is InChI=1S/C15H23ClN2O3/c1-14(2,3)21-13(19)18-12-8-10(16)6-7-11(12)15(4,5)9-20-17/h6-8H,9,17H2,1-5H3,(H,18,19). The molecule has 1 aromatic carbocycles. The summed E-state index contributed by atoms with van der Waals surface area (Å²) in [5.41, 5.74) is 0.490. The van der Waals surface area contributed by atoms with Gasteiger partial charge in [0.25, 0.3) is 0 Å². The first kappa shape index (κ1) is 17.8. The molecule has 1 rings (SSSR count). The average molecular weight is 315 g/mol. The maximum atomic E-state index is 11.9. The molecule has 0 aliphatic carbocycles. The second kappa shape index (κ2) is 6.64. The second-order valence-corrected chi connectivity index (χ2v) is 6.95. The Morgan fingerprint density at radius 1 is 1.29 bits per heavy atom. The summed E-state index contributed by atoms with van der Waals surface area (Å²) in [4.78, 5) is 16.7. The van der Waals surface area contributed by atoms with E-state index in [9.17, 15) is 4.79 Å². The monoisotopic (exact) mass is 314 g/mol. The maximum Gasteiger partial charge on any atom is 0.412 e. The number of ether oxygens (including phenoxy) is 1. The highest BCUT2D eigenvalue weighted by Gasteiger charge is 2.26. The third-order valence-corrected chi connectivity index (χ3v) is 3.03. The molecule has 0 aromatic heterocycles. The fourth-order valence-corrected chi connectivity index (χ4v) is 2.08. The van der Waals surface area contributed by atoms with Crippen molar-refractivity contribution in [3.05, 3.63) is 28.8 Å². The minimum atomic E-state index is -0.571. The van der Waals surface area contributed by atoms with E-state index in [1.807, 2.05) is 19.9 Å². The van der Waals surface area contributed by atoms with Gasteiger partial charge in [0.1, 0.15) is 5.60 Å². The van der Waals surface area contributed by atoms with E-state index in [2.05, 4.69) is 5.32 Å². The van der Waals surface area contributed by atoms with Gasteiger partial charge in [-0.15, -0.1) is 0 Å². The van der Waals surface area contributed by atoms with Gasteiger partial charge in [0, 0.05) is 16.1 Å². The molecule has 3 N–H and O–H groups in total. The summed E-state index contributed by atoms with van der Waals surface area (Å²) in [5, 5.41) is 3.25. The van der Waals surface area contributed by atoms with E-state index in [1.54, 1.807) is 32.9 Å². The van der Waals surface area contributed by atoms with E-state index in [1.165, 1.54) is 0 Å². The molecule has 0 heterocycles. The van der Waals surface area contributed by atoms with E-state index in [0.717, 1.165) is 5.56 Å². The Hall–Kier alpha value is -1.30. The van der Waals surface area contributed by atoms with Crippen molar-refractivity contribution >= 4 is 23.4 Å². The summed E-state index contributed by atoms with van der Waals surface area (Å²) in [6.45, 7) is 9.64. The summed E-state index contributed by atoms with van der Waals surface area (Å²) < 4.78 is 5.26. The van der Waals surface area contributed by atoms with Crippen LogP contribution in [0, 0.1) is 0 Å². The molecule has 0 aliphatic rings. The average Bonchev–Trinajstić information content (AvgIpc) is 2.25. The van der Waals surface area contributed by atoms with Crippen LogP contribution in [-0.2, 0) is 15.0 Å². The summed E-state index contributed by atoms with van der Waals surface area (Å²) in [6, 6.07) is 5.28. The summed E-state index contributed by atoms with van der Waals surface area (Å²) in [7, 11) is 0. The SMILES string of the molecule is CC(C)(C)OC(=O)Nc1cc(Cl)ccc1C(C)(C)CON. The number of anilines is 1. The van der Waals surface area contributed by atoms with Crippen molar-refractivity contribution in [1.29, 1.82) is 0 Å². The Bertz CT molecular complexity index is 510. The molecule has 0 fully saturated rings. The van der Waals surface area contributed by atoms with Crippen molar-refractivity contribution in [2.75, 3.05) is 11.9 Å². The van der Waals surface area contributed by atoms with Gasteiger partial charge >= 0.3 is 6.09 Å². The van der Waals surface area contributed by atoms with Crippen molar-refractivity contribution in [2.45, 2.75) is 45.6 Å². The number of rotatable bonds is 4. The third-order valence-electron chi connectivity index (χ3n) is 2.79. The number of amides is 1. The van der Waals surface area contributed by atoms with Gasteiger partial charge in [-0.05, 0) is 38.5 Å². The molecule has 1 amide bonds. The van der Waals surface area contributed by atoms with E-state index in [0.29, 0.717) is 17.3 Å². The lowest BCUT2D eigenvalue weighted by atomic mass is 9.84. The first-order valence-corrected chi connectivity index (χ1v) is 7.05. The molecule has 0 unspecified atom stereocenters. The molecule has 0 bridgehead atoms. The fourth-order valence-electron chi connectivity index (χ4n) is 1.91. The van der Waals surface area contributed by atoms with Gasteiger partial charge in [-0.2, -0.15) is 0 Å². The maximum absolute atomic E-state index is 11.9. The van der Waals surface area contributed by atoms with E-state index in [4.69, 9.17) is 27.1 Å². The molecule has 5 nitrogen and oxygen atoms in total. The van der Waals surface area contributed by atoms with Crippen LogP contribution in [0.3, 0.4) is 0 Å². The van der Waals surface area contributed by atoms with Gasteiger partial charge < -0.3 is 9.57 Å². The summed E-state index contributed by atoms with van der Waals surface area (Å²) in [5.74, 6) is 5.18. The highest BCUT2D eigenvalue weighted by molar-refractivity contribution is 6.31. The van der Waals surface area contributed by atoms with Crippen LogP contribution < -0.4 is 11.2 Å². The second-order valence-electron chi connectivity index (χ2n) is 6.51. The van der Waals surface area contributed by atoms with Gasteiger partial charge in [0.2, 0.25) is 0 Å². The summed E-state index contributed by atoms with van der Waals surface area (Å²) in [6.07, 6.45) is -0.532. The number of nitrogens with two attached hydrogens (primary N) is 1. The lowest BCUT2D eigenvalue weighted by Crippen LogP contribution is -2.30. The van der Waals surface area contributed by atoms with Crippen LogP contribution in [0.1, 0.15) is 40.2 Å². The number of benzene rings is 1. The van der Waals surface area contributed by atoms with Gasteiger partial charge in [0.15, 0.2) is 0 Å². The minimum absolute atomic E-state index is 0.303. The van der Waals surface area contributed by atoms with Crippen LogP contribution in [0.4, 0.5) is 10.5 Å². The molecule has 0 spiro atoms. The molecule has 1 aromatic rings. The Morgan fingerprint density at radius 2 is 1.90 bits per heavy atom. The van der Waals surface area contributed by atoms with Crippen molar-refractivity contribution in [3.63, 3.8) is 0 Å². The Morgan fingerprint density at radius 3 is 2.43 bits per heavy atom. The molecule has 118 valence electrons. The van der Waals surface area contributed by atoms with Crippen LogP contribution in [0.25, 0.3) is 0 Å². The zero-order valence-corrected chi connectivity index (χ0v) is 13.9. The van der Waals surface area contributed by atoms with Gasteiger partial charge in [-0.25, -0.2) is 10.7 Å². The molecule has 0 aliphatic heterocycles. The molecule has 21 heavy (non-hydrogen) atoms. The predicted octanol–water partition coefficient (Wildman–Crippen LogP) is 3.85. The first-order valence-electron chi connectivity index (χ1n) is 6.67. The van der Waals surface area contributed by atoms with Crippen molar-refractivity contribution in [2.24, 2.45) is 5.90 Å². The Labute approximate surface area is 130 Å². The number of hydrogen-bond donors (Lipinski definition) is 2. The zero-order valence-electron chi connectivity index (χ0n) is 13.1. The Kier molecular flexibility index (Phi) is 5.61. The van der Waals surface area contributed by atoms with Crippen LogP contribution in [0.5, 0.6) is 0 Å². The van der Waals surface area contributed by atoms with E-state index >= 15 is 0 Å². The van der Waals surface area contributed by atoms with Gasteiger partial charge in [-0.3, -0.25) is 5.32 Å². The molecule has 0 saturated carbocycles. The van der Waals surface area contributed by atoms with Crippen molar-refractivity contribution in [3.8, 4) is 0 Å². The lowest BCUT2D eigenvalue weighted by Gasteiger charge is -2.27. The van der Waals surface area contributed by atoms with Gasteiger partial charge in [-0.1, -0.05) is 31.5 Å². The van der Waals surface area contributed by atoms with Crippen LogP contribution in [0.15, 0.2) is 18.2 Å². The fraction of sp³-hybridized carbons (Fsp3) is 0.533. The first-order chi connectivity index (χ1) is 9.55.